The van der Waals surface area contributed by atoms with Crippen LogP contribution in [0.25, 0.3) is 0 Å². The number of aliphatic imine (C=N–C) groups is 1. The van der Waals surface area contributed by atoms with Gasteiger partial charge in [-0.15, -0.1) is 0 Å². The number of rotatable bonds is 4. The fourth-order valence-electron chi connectivity index (χ4n) is 2.98. The highest BCUT2D eigenvalue weighted by Gasteiger charge is 2.18. The monoisotopic (exact) mass is 358 g/mol. The Balaban J connectivity index is 1.57. The van der Waals surface area contributed by atoms with Crippen LogP contribution in [0.1, 0.15) is 11.1 Å². The summed E-state index contributed by atoms with van der Waals surface area (Å²) < 4.78 is 0. The maximum absolute atomic E-state index is 9.38. The molecule has 2 aromatic carbocycles. The zero-order valence-corrected chi connectivity index (χ0v) is 14.9. The minimum absolute atomic E-state index is 0.0192. The van der Waals surface area contributed by atoms with E-state index in [0.717, 1.165) is 42.3 Å². The smallest absolute Gasteiger partial charge is 0.191 e. The summed E-state index contributed by atoms with van der Waals surface area (Å²) >= 11 is 5.95. The zero-order valence-electron chi connectivity index (χ0n) is 14.1. The van der Waals surface area contributed by atoms with Crippen molar-refractivity contribution < 1.29 is 5.11 Å². The van der Waals surface area contributed by atoms with E-state index in [2.05, 4.69) is 14.8 Å². The van der Waals surface area contributed by atoms with Crippen LogP contribution < -0.4 is 10.6 Å². The highest BCUT2D eigenvalue weighted by atomic mass is 35.5. The molecule has 0 amide bonds. The van der Waals surface area contributed by atoms with E-state index in [-0.39, 0.29) is 6.61 Å². The topological polar surface area (TPSA) is 65.1 Å². The number of anilines is 1. The van der Waals surface area contributed by atoms with Crippen LogP contribution >= 0.6 is 11.6 Å². The standard InChI is InChI=1S/C19H23ClN4O/c20-17-5-7-18(8-6-17)23-9-11-24(12-10-23)19(21)22-13-15-3-1-2-4-16(15)14-25/h1-8,25H,9-14H2,(H2,21,22). The second kappa shape index (κ2) is 8.23. The van der Waals surface area contributed by atoms with Crippen molar-refractivity contribution in [3.8, 4) is 0 Å². The highest BCUT2D eigenvalue weighted by molar-refractivity contribution is 6.30. The van der Waals surface area contributed by atoms with Gasteiger partial charge in [-0.1, -0.05) is 35.9 Å². The van der Waals surface area contributed by atoms with Gasteiger partial charge in [0.25, 0.3) is 0 Å². The van der Waals surface area contributed by atoms with Crippen LogP contribution in [0.4, 0.5) is 5.69 Å². The van der Waals surface area contributed by atoms with Crippen LogP contribution in [0.5, 0.6) is 0 Å². The molecule has 3 N–H and O–H groups in total. The van der Waals surface area contributed by atoms with Gasteiger partial charge in [0.2, 0.25) is 0 Å². The van der Waals surface area contributed by atoms with Gasteiger partial charge in [0.05, 0.1) is 13.2 Å². The molecule has 1 aliphatic rings. The lowest BCUT2D eigenvalue weighted by Crippen LogP contribution is -2.51. The van der Waals surface area contributed by atoms with Crippen molar-refractivity contribution in [3.63, 3.8) is 0 Å². The van der Waals surface area contributed by atoms with Gasteiger partial charge in [-0.3, -0.25) is 0 Å². The maximum Gasteiger partial charge on any atom is 0.191 e. The predicted molar refractivity (Wildman–Crippen MR) is 103 cm³/mol. The minimum Gasteiger partial charge on any atom is -0.392 e. The van der Waals surface area contributed by atoms with Gasteiger partial charge >= 0.3 is 0 Å². The molecular weight excluding hydrogens is 336 g/mol. The van der Waals surface area contributed by atoms with E-state index in [4.69, 9.17) is 17.3 Å². The van der Waals surface area contributed by atoms with Crippen LogP contribution in [0.15, 0.2) is 53.5 Å². The van der Waals surface area contributed by atoms with E-state index in [1.807, 2.05) is 48.5 Å². The van der Waals surface area contributed by atoms with E-state index < -0.39 is 0 Å². The molecular formula is C19H23ClN4O. The molecule has 1 heterocycles. The summed E-state index contributed by atoms with van der Waals surface area (Å²) in [6.07, 6.45) is 0. The second-order valence-corrected chi connectivity index (χ2v) is 6.49. The van der Waals surface area contributed by atoms with Crippen molar-refractivity contribution in [2.24, 2.45) is 10.7 Å². The van der Waals surface area contributed by atoms with Gasteiger partial charge in [-0.05, 0) is 35.4 Å². The van der Waals surface area contributed by atoms with Gasteiger partial charge in [-0.2, -0.15) is 0 Å². The summed E-state index contributed by atoms with van der Waals surface area (Å²) in [5.41, 5.74) is 9.25. The number of nitrogens with two attached hydrogens (primary N) is 1. The zero-order chi connectivity index (χ0) is 17.6. The van der Waals surface area contributed by atoms with Crippen molar-refractivity contribution in [2.45, 2.75) is 13.2 Å². The van der Waals surface area contributed by atoms with Gasteiger partial charge in [0.1, 0.15) is 0 Å². The third-order valence-electron chi connectivity index (χ3n) is 4.50. The molecule has 0 atom stereocenters. The normalized spacial score (nSPS) is 15.5. The molecule has 132 valence electrons. The van der Waals surface area contributed by atoms with Gasteiger partial charge < -0.3 is 20.6 Å². The van der Waals surface area contributed by atoms with Crippen LogP contribution in [0, 0.1) is 0 Å². The predicted octanol–water partition coefficient (Wildman–Crippen LogP) is 2.47. The van der Waals surface area contributed by atoms with Crippen LogP contribution in [-0.4, -0.2) is 42.1 Å². The summed E-state index contributed by atoms with van der Waals surface area (Å²) in [5, 5.41) is 10.1. The Kier molecular flexibility index (Phi) is 5.79. The number of guanidine groups is 1. The molecule has 3 rings (SSSR count). The third kappa shape index (κ3) is 4.44. The first kappa shape index (κ1) is 17.6. The van der Waals surface area contributed by atoms with E-state index in [1.54, 1.807) is 0 Å². The first-order chi connectivity index (χ1) is 12.2. The number of aliphatic hydroxyl groups is 1. The minimum atomic E-state index is 0.0192. The average Bonchev–Trinajstić information content (AvgIpc) is 2.67. The summed E-state index contributed by atoms with van der Waals surface area (Å²) in [6.45, 7) is 3.96. The summed E-state index contributed by atoms with van der Waals surface area (Å²) in [7, 11) is 0. The van der Waals surface area contributed by atoms with Crippen molar-refractivity contribution in [1.29, 1.82) is 0 Å². The quantitative estimate of drug-likeness (QED) is 0.651. The Bertz CT molecular complexity index is 724. The number of benzene rings is 2. The fourth-order valence-corrected chi connectivity index (χ4v) is 3.10. The lowest BCUT2D eigenvalue weighted by atomic mass is 10.1. The van der Waals surface area contributed by atoms with Gasteiger partial charge in [0, 0.05) is 36.9 Å². The van der Waals surface area contributed by atoms with Crippen molar-refractivity contribution in [2.75, 3.05) is 31.1 Å². The molecule has 1 aliphatic heterocycles. The average molecular weight is 359 g/mol. The van der Waals surface area contributed by atoms with E-state index in [9.17, 15) is 5.11 Å². The molecule has 1 fully saturated rings. The number of aliphatic hydroxyl groups excluding tert-OH is 1. The van der Waals surface area contributed by atoms with E-state index in [1.165, 1.54) is 5.69 Å². The SMILES string of the molecule is NC(=NCc1ccccc1CO)N1CCN(c2ccc(Cl)cc2)CC1. The van der Waals surface area contributed by atoms with E-state index in [0.29, 0.717) is 12.5 Å². The van der Waals surface area contributed by atoms with Gasteiger partial charge in [0.15, 0.2) is 5.96 Å². The third-order valence-corrected chi connectivity index (χ3v) is 4.75. The Labute approximate surface area is 153 Å². The molecule has 0 spiro atoms. The highest BCUT2D eigenvalue weighted by Crippen LogP contribution is 2.19. The molecule has 0 unspecified atom stereocenters. The molecule has 0 bridgehead atoms. The first-order valence-electron chi connectivity index (χ1n) is 8.40. The Morgan fingerprint density at radius 2 is 1.64 bits per heavy atom. The van der Waals surface area contributed by atoms with Crippen molar-refractivity contribution in [3.05, 3.63) is 64.7 Å². The number of piperazine rings is 1. The number of hydrogen-bond donors (Lipinski definition) is 2. The summed E-state index contributed by atoms with van der Waals surface area (Å²) in [6, 6.07) is 15.7. The number of hydrogen-bond acceptors (Lipinski definition) is 3. The Morgan fingerprint density at radius 1 is 1.00 bits per heavy atom. The lowest BCUT2D eigenvalue weighted by Gasteiger charge is -2.36. The number of nitrogens with zero attached hydrogens (tertiary/aromatic N) is 3. The Hall–Kier alpha value is -2.24. The van der Waals surface area contributed by atoms with Crippen molar-refractivity contribution >= 4 is 23.2 Å². The molecule has 25 heavy (non-hydrogen) atoms. The van der Waals surface area contributed by atoms with E-state index >= 15 is 0 Å². The molecule has 0 aromatic heterocycles. The largest absolute Gasteiger partial charge is 0.392 e. The Morgan fingerprint density at radius 3 is 2.28 bits per heavy atom. The van der Waals surface area contributed by atoms with Gasteiger partial charge in [-0.25, -0.2) is 4.99 Å². The fraction of sp³-hybridized carbons (Fsp3) is 0.316. The maximum atomic E-state index is 9.38. The molecule has 5 nitrogen and oxygen atoms in total. The first-order valence-corrected chi connectivity index (χ1v) is 8.78. The molecule has 1 saturated heterocycles. The summed E-state index contributed by atoms with van der Waals surface area (Å²) in [4.78, 5) is 8.94. The van der Waals surface area contributed by atoms with Crippen LogP contribution in [0.2, 0.25) is 5.02 Å². The molecule has 2 aromatic rings. The lowest BCUT2D eigenvalue weighted by molar-refractivity contribution is 0.280. The summed E-state index contributed by atoms with van der Waals surface area (Å²) in [5.74, 6) is 0.559. The molecule has 6 heteroatoms. The van der Waals surface area contributed by atoms with Crippen molar-refractivity contribution in [1.82, 2.24) is 4.90 Å². The molecule has 0 radical (unpaired) electrons. The molecule has 0 saturated carbocycles. The second-order valence-electron chi connectivity index (χ2n) is 6.05. The molecule has 0 aliphatic carbocycles. The number of halogens is 1. The van der Waals surface area contributed by atoms with Crippen LogP contribution in [-0.2, 0) is 13.2 Å². The van der Waals surface area contributed by atoms with Crippen LogP contribution in [0.3, 0.4) is 0 Å².